The average Bonchev–Trinajstić information content (AvgIpc) is 2.48. The van der Waals surface area contributed by atoms with Gasteiger partial charge < -0.3 is 16.0 Å². The number of carbonyl (C=O) groups is 1. The molecule has 0 radical (unpaired) electrons. The van der Waals surface area contributed by atoms with Crippen LogP contribution in [0.2, 0.25) is 0 Å². The summed E-state index contributed by atoms with van der Waals surface area (Å²) >= 11 is 0. The van der Waals surface area contributed by atoms with Crippen molar-refractivity contribution in [2.75, 3.05) is 29.0 Å². The molecule has 116 valence electrons. The van der Waals surface area contributed by atoms with E-state index in [1.54, 1.807) is 6.07 Å². The molecule has 0 atom stereocenters. The van der Waals surface area contributed by atoms with E-state index in [-0.39, 0.29) is 5.91 Å². The van der Waals surface area contributed by atoms with Crippen LogP contribution in [-0.2, 0) is 4.79 Å². The van der Waals surface area contributed by atoms with Crippen LogP contribution in [-0.4, -0.2) is 19.0 Å². The number of carbonyl (C=O) groups excluding carboxylic acids is 1. The fourth-order valence-corrected chi connectivity index (χ4v) is 2.48. The van der Waals surface area contributed by atoms with Gasteiger partial charge in [0.05, 0.1) is 6.54 Å². The van der Waals surface area contributed by atoms with Crippen LogP contribution in [0.15, 0.2) is 42.5 Å². The number of rotatable bonds is 5. The van der Waals surface area contributed by atoms with Crippen LogP contribution in [0.3, 0.4) is 0 Å². The minimum Gasteiger partial charge on any atom is -0.399 e. The summed E-state index contributed by atoms with van der Waals surface area (Å²) in [6.07, 6.45) is 0. The summed E-state index contributed by atoms with van der Waals surface area (Å²) in [5.41, 5.74) is 10.5. The van der Waals surface area contributed by atoms with E-state index in [0.717, 1.165) is 23.5 Å². The van der Waals surface area contributed by atoms with Crippen molar-refractivity contribution in [3.8, 4) is 0 Å². The van der Waals surface area contributed by atoms with Gasteiger partial charge in [0.2, 0.25) is 5.91 Å². The van der Waals surface area contributed by atoms with Crippen molar-refractivity contribution < 1.29 is 4.79 Å². The Balaban J connectivity index is 2.08. The summed E-state index contributed by atoms with van der Waals surface area (Å²) in [6, 6.07) is 13.6. The molecular formula is C18H23N3O. The number of nitrogen functional groups attached to an aromatic ring is 1. The van der Waals surface area contributed by atoms with Crippen molar-refractivity contribution in [2.45, 2.75) is 20.8 Å². The zero-order valence-corrected chi connectivity index (χ0v) is 13.4. The van der Waals surface area contributed by atoms with Gasteiger partial charge in [0.1, 0.15) is 0 Å². The second-order valence-corrected chi connectivity index (χ2v) is 5.42. The lowest BCUT2D eigenvalue weighted by molar-refractivity contribution is -0.115. The zero-order valence-electron chi connectivity index (χ0n) is 13.4. The van der Waals surface area contributed by atoms with Crippen molar-refractivity contribution >= 4 is 23.0 Å². The maximum absolute atomic E-state index is 12.3. The van der Waals surface area contributed by atoms with Gasteiger partial charge in [0, 0.05) is 23.6 Å². The first-order valence-corrected chi connectivity index (χ1v) is 7.47. The molecule has 0 aliphatic carbocycles. The van der Waals surface area contributed by atoms with Crippen LogP contribution in [0.1, 0.15) is 18.1 Å². The van der Waals surface area contributed by atoms with Gasteiger partial charge in [-0.2, -0.15) is 0 Å². The highest BCUT2D eigenvalue weighted by molar-refractivity contribution is 5.95. The Morgan fingerprint density at radius 3 is 2.50 bits per heavy atom. The Morgan fingerprint density at radius 2 is 1.86 bits per heavy atom. The van der Waals surface area contributed by atoms with E-state index >= 15 is 0 Å². The third-order valence-electron chi connectivity index (χ3n) is 3.70. The number of aryl methyl sites for hydroxylation is 2. The molecule has 1 amide bonds. The highest BCUT2D eigenvalue weighted by Crippen LogP contribution is 2.20. The molecule has 4 nitrogen and oxygen atoms in total. The van der Waals surface area contributed by atoms with Crippen molar-refractivity contribution in [3.05, 3.63) is 53.6 Å². The van der Waals surface area contributed by atoms with Gasteiger partial charge in [0.15, 0.2) is 0 Å². The van der Waals surface area contributed by atoms with E-state index in [1.165, 1.54) is 5.56 Å². The minimum atomic E-state index is -0.0297. The molecule has 2 rings (SSSR count). The van der Waals surface area contributed by atoms with Crippen LogP contribution in [0.4, 0.5) is 17.1 Å². The van der Waals surface area contributed by atoms with Gasteiger partial charge >= 0.3 is 0 Å². The van der Waals surface area contributed by atoms with E-state index in [9.17, 15) is 4.79 Å². The Hall–Kier alpha value is -2.49. The van der Waals surface area contributed by atoms with Crippen molar-refractivity contribution in [2.24, 2.45) is 0 Å². The number of hydrogen-bond donors (Lipinski definition) is 2. The molecular weight excluding hydrogens is 274 g/mol. The van der Waals surface area contributed by atoms with E-state index in [0.29, 0.717) is 12.2 Å². The molecule has 4 heteroatoms. The number of anilines is 3. The maximum atomic E-state index is 12.3. The molecule has 0 saturated heterocycles. The first-order chi connectivity index (χ1) is 10.5. The van der Waals surface area contributed by atoms with E-state index in [4.69, 9.17) is 5.73 Å². The average molecular weight is 297 g/mol. The van der Waals surface area contributed by atoms with Crippen LogP contribution in [0.25, 0.3) is 0 Å². The Kier molecular flexibility index (Phi) is 5.04. The van der Waals surface area contributed by atoms with Crippen LogP contribution in [0, 0.1) is 13.8 Å². The second-order valence-electron chi connectivity index (χ2n) is 5.42. The predicted molar refractivity (Wildman–Crippen MR) is 93.3 cm³/mol. The predicted octanol–water partition coefficient (Wildman–Crippen LogP) is 3.35. The monoisotopic (exact) mass is 297 g/mol. The Morgan fingerprint density at radius 1 is 1.14 bits per heavy atom. The third-order valence-corrected chi connectivity index (χ3v) is 3.70. The highest BCUT2D eigenvalue weighted by atomic mass is 16.2. The number of nitrogens with two attached hydrogens (primary N) is 1. The molecule has 2 aromatic carbocycles. The normalized spacial score (nSPS) is 10.3. The molecule has 2 aromatic rings. The topological polar surface area (TPSA) is 58.4 Å². The van der Waals surface area contributed by atoms with Crippen LogP contribution >= 0.6 is 0 Å². The number of hydrogen-bond acceptors (Lipinski definition) is 3. The molecule has 0 aromatic heterocycles. The molecule has 22 heavy (non-hydrogen) atoms. The fraction of sp³-hybridized carbons (Fsp3) is 0.278. The molecule has 0 aliphatic heterocycles. The lowest BCUT2D eigenvalue weighted by Gasteiger charge is -2.24. The molecule has 0 fully saturated rings. The quantitative estimate of drug-likeness (QED) is 0.832. The molecule has 0 spiro atoms. The summed E-state index contributed by atoms with van der Waals surface area (Å²) in [6.45, 7) is 7.14. The SMILES string of the molecule is CCN(CC(=O)Nc1ccc(N)cc1C)c1ccccc1C. The number of nitrogens with zero attached hydrogens (tertiary/aromatic N) is 1. The lowest BCUT2D eigenvalue weighted by atomic mass is 10.1. The van der Waals surface area contributed by atoms with Gasteiger partial charge in [-0.15, -0.1) is 0 Å². The fourth-order valence-electron chi connectivity index (χ4n) is 2.48. The van der Waals surface area contributed by atoms with Gasteiger partial charge in [-0.25, -0.2) is 0 Å². The van der Waals surface area contributed by atoms with Crippen molar-refractivity contribution in [1.82, 2.24) is 0 Å². The maximum Gasteiger partial charge on any atom is 0.243 e. The molecule has 0 unspecified atom stereocenters. The zero-order chi connectivity index (χ0) is 16.1. The number of amides is 1. The molecule has 0 aliphatic rings. The summed E-state index contributed by atoms with van der Waals surface area (Å²) < 4.78 is 0. The standard InChI is InChI=1S/C18H23N3O/c1-4-21(17-8-6-5-7-13(17)2)12-18(22)20-16-10-9-15(19)11-14(16)3/h5-11H,4,12,19H2,1-3H3,(H,20,22). The smallest absolute Gasteiger partial charge is 0.243 e. The van der Waals surface area contributed by atoms with E-state index in [1.807, 2.05) is 44.2 Å². The minimum absolute atomic E-state index is 0.0297. The molecule has 0 heterocycles. The first kappa shape index (κ1) is 15.9. The van der Waals surface area contributed by atoms with Crippen LogP contribution in [0.5, 0.6) is 0 Å². The second kappa shape index (κ2) is 6.98. The van der Waals surface area contributed by atoms with Gasteiger partial charge in [-0.3, -0.25) is 4.79 Å². The van der Waals surface area contributed by atoms with Crippen molar-refractivity contribution in [3.63, 3.8) is 0 Å². The number of para-hydroxylation sites is 1. The van der Waals surface area contributed by atoms with E-state index < -0.39 is 0 Å². The molecule has 0 bridgehead atoms. The molecule has 0 saturated carbocycles. The van der Waals surface area contributed by atoms with E-state index in [2.05, 4.69) is 23.2 Å². The molecule has 3 N–H and O–H groups in total. The largest absolute Gasteiger partial charge is 0.399 e. The van der Waals surface area contributed by atoms with Gasteiger partial charge in [0.25, 0.3) is 0 Å². The van der Waals surface area contributed by atoms with Crippen molar-refractivity contribution in [1.29, 1.82) is 0 Å². The third kappa shape index (κ3) is 3.79. The van der Waals surface area contributed by atoms with Gasteiger partial charge in [-0.05, 0) is 56.2 Å². The summed E-state index contributed by atoms with van der Waals surface area (Å²) in [7, 11) is 0. The van der Waals surface area contributed by atoms with Gasteiger partial charge in [-0.1, -0.05) is 18.2 Å². The summed E-state index contributed by atoms with van der Waals surface area (Å²) in [5, 5.41) is 2.96. The Bertz CT molecular complexity index is 667. The first-order valence-electron chi connectivity index (χ1n) is 7.47. The summed E-state index contributed by atoms with van der Waals surface area (Å²) in [5.74, 6) is -0.0297. The summed E-state index contributed by atoms with van der Waals surface area (Å²) in [4.78, 5) is 14.4. The highest BCUT2D eigenvalue weighted by Gasteiger charge is 2.12. The van der Waals surface area contributed by atoms with Crippen LogP contribution < -0.4 is 16.0 Å². The number of benzene rings is 2. The Labute approximate surface area is 131 Å². The number of nitrogens with one attached hydrogen (secondary N) is 1. The lowest BCUT2D eigenvalue weighted by Crippen LogP contribution is -2.33. The number of likely N-dealkylation sites (N-methyl/N-ethyl adjacent to an activating group) is 1.